The van der Waals surface area contributed by atoms with Gasteiger partial charge in [-0.1, -0.05) is 22.9 Å². The zero-order chi connectivity index (χ0) is 13.5. The molecule has 1 saturated carbocycles. The summed E-state index contributed by atoms with van der Waals surface area (Å²) in [6, 6.07) is 2.27. The molecule has 19 heavy (non-hydrogen) atoms. The fourth-order valence-corrected chi connectivity index (χ4v) is 4.19. The Hall–Kier alpha value is -0.350. The Bertz CT molecular complexity index is 455. The fraction of sp³-hybridized carbons (Fsp3) is 0.800. The first-order valence-corrected chi connectivity index (χ1v) is 8.50. The predicted octanol–water partition coefficient (Wildman–Crippen LogP) is 3.11. The SMILES string of the molecule is CCc1cc(CC2(CBr)CCOC2C2CC2)n(C)n1. The second-order valence-electron chi connectivity index (χ2n) is 6.16. The van der Waals surface area contributed by atoms with Gasteiger partial charge >= 0.3 is 0 Å². The van der Waals surface area contributed by atoms with Crippen molar-refractivity contribution in [2.45, 2.75) is 45.1 Å². The summed E-state index contributed by atoms with van der Waals surface area (Å²) in [6.45, 7) is 3.09. The topological polar surface area (TPSA) is 27.1 Å². The van der Waals surface area contributed by atoms with Gasteiger partial charge in [-0.15, -0.1) is 0 Å². The van der Waals surface area contributed by atoms with E-state index in [2.05, 4.69) is 45.7 Å². The van der Waals surface area contributed by atoms with Crippen LogP contribution in [-0.2, 0) is 24.6 Å². The standard InChI is InChI=1S/C15H23BrN2O/c1-3-12-8-13(18(2)17-12)9-15(10-16)6-7-19-14(15)11-4-5-11/h8,11,14H,3-7,9-10H2,1-2H3. The number of ether oxygens (including phenoxy) is 1. The van der Waals surface area contributed by atoms with Gasteiger partial charge in [-0.3, -0.25) is 4.68 Å². The number of alkyl halides is 1. The van der Waals surface area contributed by atoms with E-state index in [1.165, 1.54) is 30.7 Å². The Morgan fingerprint density at radius 3 is 2.89 bits per heavy atom. The highest BCUT2D eigenvalue weighted by molar-refractivity contribution is 9.09. The minimum absolute atomic E-state index is 0.278. The van der Waals surface area contributed by atoms with Crippen molar-refractivity contribution in [1.82, 2.24) is 9.78 Å². The summed E-state index contributed by atoms with van der Waals surface area (Å²) in [5, 5.41) is 5.62. The van der Waals surface area contributed by atoms with Gasteiger partial charge in [-0.05, 0) is 44.1 Å². The number of rotatable bonds is 5. The molecule has 2 fully saturated rings. The molecular formula is C15H23BrN2O. The molecule has 0 bridgehead atoms. The summed E-state index contributed by atoms with van der Waals surface area (Å²) in [6.07, 6.45) is 6.43. The van der Waals surface area contributed by atoms with Crippen LogP contribution in [0.4, 0.5) is 0 Å². The van der Waals surface area contributed by atoms with Gasteiger partial charge in [-0.2, -0.15) is 5.10 Å². The number of halogens is 1. The van der Waals surface area contributed by atoms with Crippen LogP contribution < -0.4 is 0 Å². The van der Waals surface area contributed by atoms with Crippen LogP contribution in [0.3, 0.4) is 0 Å². The van der Waals surface area contributed by atoms with Gasteiger partial charge < -0.3 is 4.74 Å². The molecule has 1 aliphatic heterocycles. The van der Waals surface area contributed by atoms with Crippen LogP contribution in [0, 0.1) is 11.3 Å². The van der Waals surface area contributed by atoms with E-state index in [4.69, 9.17) is 4.74 Å². The molecule has 2 unspecified atom stereocenters. The lowest BCUT2D eigenvalue weighted by Gasteiger charge is -2.32. The zero-order valence-corrected chi connectivity index (χ0v) is 13.4. The third-order valence-electron chi connectivity index (χ3n) is 4.74. The van der Waals surface area contributed by atoms with Crippen molar-refractivity contribution in [3.63, 3.8) is 0 Å². The third kappa shape index (κ3) is 2.49. The van der Waals surface area contributed by atoms with Crippen molar-refractivity contribution in [1.29, 1.82) is 0 Å². The van der Waals surface area contributed by atoms with Crippen LogP contribution in [0.1, 0.15) is 37.6 Å². The van der Waals surface area contributed by atoms with Crippen LogP contribution in [0.2, 0.25) is 0 Å². The van der Waals surface area contributed by atoms with E-state index in [9.17, 15) is 0 Å². The first-order valence-electron chi connectivity index (χ1n) is 7.38. The van der Waals surface area contributed by atoms with Crippen molar-refractivity contribution >= 4 is 15.9 Å². The van der Waals surface area contributed by atoms with E-state index in [1.807, 2.05) is 0 Å². The first kappa shape index (κ1) is 13.6. The first-order chi connectivity index (χ1) is 9.18. The molecular weight excluding hydrogens is 304 g/mol. The molecule has 1 aromatic rings. The van der Waals surface area contributed by atoms with E-state index in [0.29, 0.717) is 6.10 Å². The van der Waals surface area contributed by atoms with E-state index in [0.717, 1.165) is 30.7 Å². The van der Waals surface area contributed by atoms with Gasteiger partial charge in [0.15, 0.2) is 0 Å². The number of hydrogen-bond acceptors (Lipinski definition) is 2. The van der Waals surface area contributed by atoms with Gasteiger partial charge in [0.05, 0.1) is 11.8 Å². The lowest BCUT2D eigenvalue weighted by atomic mass is 9.77. The second kappa shape index (κ2) is 5.21. The highest BCUT2D eigenvalue weighted by Crippen LogP contribution is 2.50. The second-order valence-corrected chi connectivity index (χ2v) is 6.72. The van der Waals surface area contributed by atoms with E-state index < -0.39 is 0 Å². The van der Waals surface area contributed by atoms with E-state index >= 15 is 0 Å². The minimum atomic E-state index is 0.278. The lowest BCUT2D eigenvalue weighted by molar-refractivity contribution is 0.0406. The molecule has 2 aliphatic rings. The highest BCUT2D eigenvalue weighted by Gasteiger charge is 2.50. The molecule has 3 nitrogen and oxygen atoms in total. The lowest BCUT2D eigenvalue weighted by Crippen LogP contribution is -2.37. The Morgan fingerprint density at radius 1 is 1.53 bits per heavy atom. The Kier molecular flexibility index (Phi) is 3.73. The van der Waals surface area contributed by atoms with Gasteiger partial charge in [0, 0.05) is 30.1 Å². The molecule has 3 rings (SSSR count). The summed E-state index contributed by atoms with van der Waals surface area (Å²) in [5.41, 5.74) is 2.83. The van der Waals surface area contributed by atoms with Crippen LogP contribution in [0.15, 0.2) is 6.07 Å². The fourth-order valence-electron chi connectivity index (χ4n) is 3.39. The van der Waals surface area contributed by atoms with Crippen molar-refractivity contribution in [2.75, 3.05) is 11.9 Å². The smallest absolute Gasteiger partial charge is 0.0672 e. The Morgan fingerprint density at radius 2 is 2.32 bits per heavy atom. The maximum atomic E-state index is 6.07. The minimum Gasteiger partial charge on any atom is -0.377 e. The van der Waals surface area contributed by atoms with Gasteiger partial charge in [0.1, 0.15) is 0 Å². The molecule has 106 valence electrons. The average molecular weight is 327 g/mol. The number of hydrogen-bond donors (Lipinski definition) is 0. The third-order valence-corrected chi connectivity index (χ3v) is 5.86. The van der Waals surface area contributed by atoms with Crippen LogP contribution in [-0.4, -0.2) is 27.8 Å². The summed E-state index contributed by atoms with van der Waals surface area (Å²) in [5.74, 6) is 0.805. The number of aromatic nitrogens is 2. The molecule has 0 spiro atoms. The zero-order valence-electron chi connectivity index (χ0n) is 11.9. The molecule has 1 aliphatic carbocycles. The molecule has 2 heterocycles. The van der Waals surface area contributed by atoms with Crippen molar-refractivity contribution in [3.05, 3.63) is 17.5 Å². The van der Waals surface area contributed by atoms with Crippen LogP contribution in [0.5, 0.6) is 0 Å². The largest absolute Gasteiger partial charge is 0.377 e. The summed E-state index contributed by atoms with van der Waals surface area (Å²) in [4.78, 5) is 0. The molecule has 1 aromatic heterocycles. The molecule has 4 heteroatoms. The van der Waals surface area contributed by atoms with Crippen LogP contribution >= 0.6 is 15.9 Å². The van der Waals surface area contributed by atoms with Gasteiger partial charge in [0.25, 0.3) is 0 Å². The number of nitrogens with zero attached hydrogens (tertiary/aromatic N) is 2. The summed E-state index contributed by atoms with van der Waals surface area (Å²) >= 11 is 3.77. The molecule has 0 radical (unpaired) electrons. The van der Waals surface area contributed by atoms with Gasteiger partial charge in [-0.25, -0.2) is 0 Å². The Balaban J connectivity index is 1.83. The molecule has 1 saturated heterocycles. The maximum Gasteiger partial charge on any atom is 0.0672 e. The normalized spacial score (nSPS) is 31.0. The summed E-state index contributed by atoms with van der Waals surface area (Å²) in [7, 11) is 2.07. The van der Waals surface area contributed by atoms with E-state index in [1.54, 1.807) is 0 Å². The highest BCUT2D eigenvalue weighted by atomic mass is 79.9. The molecule has 0 amide bonds. The van der Waals surface area contributed by atoms with Gasteiger partial charge in [0.2, 0.25) is 0 Å². The summed E-state index contributed by atoms with van der Waals surface area (Å²) < 4.78 is 8.13. The molecule has 0 N–H and O–H groups in total. The van der Waals surface area contributed by atoms with Crippen molar-refractivity contribution < 1.29 is 4.74 Å². The molecule has 2 atom stereocenters. The quantitative estimate of drug-likeness (QED) is 0.777. The Labute approximate surface area is 123 Å². The molecule has 0 aromatic carbocycles. The predicted molar refractivity (Wildman–Crippen MR) is 79.6 cm³/mol. The number of aryl methyl sites for hydroxylation is 2. The monoisotopic (exact) mass is 326 g/mol. The maximum absolute atomic E-state index is 6.07. The average Bonchev–Trinajstić information content (AvgIpc) is 3.08. The van der Waals surface area contributed by atoms with Crippen LogP contribution in [0.25, 0.3) is 0 Å². The van der Waals surface area contributed by atoms with E-state index in [-0.39, 0.29) is 5.41 Å². The van der Waals surface area contributed by atoms with Crippen molar-refractivity contribution in [3.8, 4) is 0 Å². The van der Waals surface area contributed by atoms with Crippen molar-refractivity contribution in [2.24, 2.45) is 18.4 Å².